The number of aliphatic carboxylic acids is 1. The monoisotopic (exact) mass is 188 g/mol. The first-order valence-electron chi connectivity index (χ1n) is 3.01. The minimum atomic E-state index is -1.08. The minimum Gasteiger partial charge on any atom is -0.479 e. The van der Waals surface area contributed by atoms with Crippen LogP contribution in [0.5, 0.6) is 6.01 Å². The van der Waals surface area contributed by atoms with E-state index in [1.807, 2.05) is 0 Å². The number of carbonyl (C=O) groups is 1. The van der Waals surface area contributed by atoms with Gasteiger partial charge in [-0.05, 0) is 6.07 Å². The van der Waals surface area contributed by atoms with Crippen molar-refractivity contribution in [1.29, 1.82) is 0 Å². The Morgan fingerprint density at radius 2 is 2.50 bits per heavy atom. The summed E-state index contributed by atoms with van der Waals surface area (Å²) in [5, 5.41) is 8.44. The van der Waals surface area contributed by atoms with Gasteiger partial charge in [-0.3, -0.25) is 0 Å². The van der Waals surface area contributed by atoms with E-state index in [-0.39, 0.29) is 11.2 Å². The van der Waals surface area contributed by atoms with E-state index in [0.717, 1.165) is 0 Å². The van der Waals surface area contributed by atoms with Crippen LogP contribution in [-0.4, -0.2) is 27.7 Å². The number of halogens is 1. The van der Waals surface area contributed by atoms with E-state index in [9.17, 15) is 4.79 Å². The molecule has 0 saturated carbocycles. The maximum Gasteiger partial charge on any atom is 0.341 e. The van der Waals surface area contributed by atoms with Crippen molar-refractivity contribution in [1.82, 2.24) is 9.97 Å². The van der Waals surface area contributed by atoms with Crippen molar-refractivity contribution in [2.75, 3.05) is 6.61 Å². The van der Waals surface area contributed by atoms with Crippen molar-refractivity contribution in [3.05, 3.63) is 17.4 Å². The summed E-state index contributed by atoms with van der Waals surface area (Å²) < 4.78 is 4.64. The Morgan fingerprint density at radius 3 is 3.08 bits per heavy atom. The fraction of sp³-hybridized carbons (Fsp3) is 0.167. The number of hydrogen-bond acceptors (Lipinski definition) is 4. The van der Waals surface area contributed by atoms with Gasteiger partial charge in [0.05, 0.1) is 0 Å². The topological polar surface area (TPSA) is 72.3 Å². The molecule has 0 fully saturated rings. The van der Waals surface area contributed by atoms with Crippen LogP contribution < -0.4 is 4.74 Å². The average Bonchev–Trinajstić information content (AvgIpc) is 2.01. The summed E-state index contributed by atoms with van der Waals surface area (Å²) in [6.45, 7) is -0.472. The molecule has 0 amide bonds. The molecule has 1 rings (SSSR count). The zero-order valence-electron chi connectivity index (χ0n) is 5.90. The number of hydrogen-bond donors (Lipinski definition) is 1. The number of rotatable bonds is 3. The summed E-state index contributed by atoms with van der Waals surface area (Å²) in [7, 11) is 0. The Labute approximate surface area is 73.0 Å². The van der Waals surface area contributed by atoms with Gasteiger partial charge in [0.15, 0.2) is 6.61 Å². The number of carboxylic acids is 1. The van der Waals surface area contributed by atoms with Crippen molar-refractivity contribution >= 4 is 17.6 Å². The lowest BCUT2D eigenvalue weighted by molar-refractivity contribution is -0.139. The van der Waals surface area contributed by atoms with Gasteiger partial charge in [0.2, 0.25) is 0 Å². The van der Waals surface area contributed by atoms with E-state index in [4.69, 9.17) is 16.7 Å². The molecule has 1 aromatic heterocycles. The largest absolute Gasteiger partial charge is 0.479 e. The highest BCUT2D eigenvalue weighted by Crippen LogP contribution is 2.06. The smallest absolute Gasteiger partial charge is 0.341 e. The summed E-state index contributed by atoms with van der Waals surface area (Å²) in [4.78, 5) is 17.3. The molecule has 0 aliphatic carbocycles. The standard InChI is InChI=1S/C6H5ClN2O3/c7-4-1-2-8-6(9-4)12-3-5(10)11/h1-2H,3H2,(H,10,11). The first kappa shape index (κ1) is 8.73. The van der Waals surface area contributed by atoms with Gasteiger partial charge < -0.3 is 9.84 Å². The van der Waals surface area contributed by atoms with Crippen LogP contribution >= 0.6 is 11.6 Å². The molecule has 5 nitrogen and oxygen atoms in total. The molecule has 0 unspecified atom stereocenters. The van der Waals surface area contributed by atoms with Gasteiger partial charge in [-0.25, -0.2) is 9.78 Å². The molecule has 1 aromatic rings. The van der Waals surface area contributed by atoms with Crippen molar-refractivity contribution in [2.45, 2.75) is 0 Å². The van der Waals surface area contributed by atoms with E-state index in [1.165, 1.54) is 12.3 Å². The lowest BCUT2D eigenvalue weighted by Gasteiger charge is -1.98. The van der Waals surface area contributed by atoms with Gasteiger partial charge in [0, 0.05) is 6.20 Å². The fourth-order valence-electron chi connectivity index (χ4n) is 0.516. The quantitative estimate of drug-likeness (QED) is 0.703. The molecule has 0 aliphatic heterocycles. The molecule has 12 heavy (non-hydrogen) atoms. The first-order chi connectivity index (χ1) is 5.68. The van der Waals surface area contributed by atoms with E-state index in [1.54, 1.807) is 0 Å². The summed E-state index contributed by atoms with van der Waals surface area (Å²) in [6.07, 6.45) is 1.38. The lowest BCUT2D eigenvalue weighted by Crippen LogP contribution is -2.10. The number of ether oxygens (including phenoxy) is 1. The second-order valence-corrected chi connectivity index (χ2v) is 2.23. The van der Waals surface area contributed by atoms with Gasteiger partial charge in [0.1, 0.15) is 5.15 Å². The van der Waals surface area contributed by atoms with Crippen molar-refractivity contribution in [2.24, 2.45) is 0 Å². The predicted octanol–water partition coefficient (Wildman–Crippen LogP) is 0.593. The second kappa shape index (κ2) is 3.87. The van der Waals surface area contributed by atoms with Crippen LogP contribution in [0.3, 0.4) is 0 Å². The van der Waals surface area contributed by atoms with Crippen LogP contribution in [-0.2, 0) is 4.79 Å². The van der Waals surface area contributed by atoms with Gasteiger partial charge in [-0.2, -0.15) is 4.98 Å². The molecule has 0 radical (unpaired) electrons. The molecule has 0 spiro atoms. The highest BCUT2D eigenvalue weighted by atomic mass is 35.5. The fourth-order valence-corrected chi connectivity index (χ4v) is 0.645. The van der Waals surface area contributed by atoms with E-state index < -0.39 is 12.6 Å². The summed E-state index contributed by atoms with van der Waals surface area (Å²) >= 11 is 5.48. The summed E-state index contributed by atoms with van der Waals surface area (Å²) in [5.41, 5.74) is 0. The molecule has 0 atom stereocenters. The minimum absolute atomic E-state index is 0.0371. The summed E-state index contributed by atoms with van der Waals surface area (Å²) in [6, 6.07) is 1.43. The van der Waals surface area contributed by atoms with Crippen LogP contribution in [0.2, 0.25) is 5.15 Å². The first-order valence-corrected chi connectivity index (χ1v) is 3.39. The highest BCUT2D eigenvalue weighted by molar-refractivity contribution is 6.29. The van der Waals surface area contributed by atoms with Gasteiger partial charge in [-0.15, -0.1) is 0 Å². The third-order valence-corrected chi connectivity index (χ3v) is 1.13. The highest BCUT2D eigenvalue weighted by Gasteiger charge is 2.01. The molecule has 0 saturated heterocycles. The molecule has 0 aromatic carbocycles. The van der Waals surface area contributed by atoms with E-state index in [2.05, 4.69) is 14.7 Å². The molecular formula is C6H5ClN2O3. The lowest BCUT2D eigenvalue weighted by atomic mass is 10.7. The zero-order chi connectivity index (χ0) is 8.97. The molecule has 0 bridgehead atoms. The molecule has 0 aliphatic rings. The van der Waals surface area contributed by atoms with Crippen LogP contribution in [0.1, 0.15) is 0 Å². The van der Waals surface area contributed by atoms with Crippen molar-refractivity contribution in [3.8, 4) is 6.01 Å². The van der Waals surface area contributed by atoms with Crippen LogP contribution in [0, 0.1) is 0 Å². The molecular weight excluding hydrogens is 184 g/mol. The van der Waals surface area contributed by atoms with Crippen molar-refractivity contribution < 1.29 is 14.6 Å². The van der Waals surface area contributed by atoms with Crippen molar-refractivity contribution in [3.63, 3.8) is 0 Å². The molecule has 1 N–H and O–H groups in total. The average molecular weight is 189 g/mol. The number of aromatic nitrogens is 2. The van der Waals surface area contributed by atoms with Crippen LogP contribution in [0.4, 0.5) is 0 Å². The normalized spacial score (nSPS) is 9.42. The Kier molecular flexibility index (Phi) is 2.82. The maximum absolute atomic E-state index is 10.0. The van der Waals surface area contributed by atoms with Gasteiger partial charge in [-0.1, -0.05) is 11.6 Å². The zero-order valence-corrected chi connectivity index (χ0v) is 6.65. The SMILES string of the molecule is O=C(O)COc1nccc(Cl)n1. The Balaban J connectivity index is 2.57. The summed E-state index contributed by atoms with van der Waals surface area (Å²) in [5.74, 6) is -1.08. The maximum atomic E-state index is 10.0. The Hall–Kier alpha value is -1.36. The van der Waals surface area contributed by atoms with Crippen LogP contribution in [0.15, 0.2) is 12.3 Å². The third kappa shape index (κ3) is 2.71. The second-order valence-electron chi connectivity index (χ2n) is 1.84. The van der Waals surface area contributed by atoms with Gasteiger partial charge >= 0.3 is 12.0 Å². The molecule has 6 heteroatoms. The molecule has 64 valence electrons. The van der Waals surface area contributed by atoms with Gasteiger partial charge in [0.25, 0.3) is 0 Å². The number of carboxylic acid groups (broad SMARTS) is 1. The molecule has 1 heterocycles. The third-order valence-electron chi connectivity index (χ3n) is 0.924. The van der Waals surface area contributed by atoms with E-state index >= 15 is 0 Å². The van der Waals surface area contributed by atoms with E-state index in [0.29, 0.717) is 0 Å². The number of nitrogens with zero attached hydrogens (tertiary/aromatic N) is 2. The Morgan fingerprint density at radius 1 is 1.75 bits per heavy atom. The Bertz CT molecular complexity index is 292. The predicted molar refractivity (Wildman–Crippen MR) is 40.2 cm³/mol. The van der Waals surface area contributed by atoms with Crippen LogP contribution in [0.25, 0.3) is 0 Å².